The molecule has 0 aliphatic carbocycles. The summed E-state index contributed by atoms with van der Waals surface area (Å²) in [7, 11) is 0. The van der Waals surface area contributed by atoms with Gasteiger partial charge >= 0.3 is 18.2 Å². The molecule has 8 heteroatoms. The highest BCUT2D eigenvalue weighted by Crippen LogP contribution is 2.15. The van der Waals surface area contributed by atoms with Gasteiger partial charge in [0, 0.05) is 6.61 Å². The number of carbonyl (C=O) groups is 2. The quantitative estimate of drug-likeness (QED) is 0.295. The molecule has 0 N–H and O–H groups in total. The topological polar surface area (TPSA) is 89.5 Å². The molecule has 2 aromatic carbocycles. The molecule has 0 aliphatic heterocycles. The summed E-state index contributed by atoms with van der Waals surface area (Å²) in [5, 5.41) is 0. The average molecular weight is 416 g/mol. The SMILES string of the molecule is [CH2]COCCOC[C](OOC(=O)c1ccccc1C)OOC(=O)c1ccccc1C. The van der Waals surface area contributed by atoms with Gasteiger partial charge in [-0.2, -0.15) is 0 Å². The van der Waals surface area contributed by atoms with E-state index in [2.05, 4.69) is 6.92 Å². The zero-order valence-corrected chi connectivity index (χ0v) is 16.9. The number of carbonyl (C=O) groups excluding carboxylic acids is 2. The first-order chi connectivity index (χ1) is 14.5. The Morgan fingerprint density at radius 2 is 1.20 bits per heavy atom. The van der Waals surface area contributed by atoms with Gasteiger partial charge in [0.25, 0.3) is 0 Å². The van der Waals surface area contributed by atoms with Crippen molar-refractivity contribution < 1.29 is 38.6 Å². The maximum atomic E-state index is 12.2. The Bertz CT molecular complexity index is 759. The van der Waals surface area contributed by atoms with Crippen LogP contribution in [0.2, 0.25) is 0 Å². The lowest BCUT2D eigenvalue weighted by Gasteiger charge is -2.14. The van der Waals surface area contributed by atoms with E-state index in [0.717, 1.165) is 0 Å². The minimum Gasteiger partial charge on any atom is -0.379 e. The Hall–Kier alpha value is -2.78. The van der Waals surface area contributed by atoms with E-state index in [4.69, 9.17) is 29.0 Å². The molecular formula is C22H24O8. The predicted molar refractivity (Wildman–Crippen MR) is 106 cm³/mol. The van der Waals surface area contributed by atoms with E-state index in [1.165, 1.54) is 0 Å². The molecule has 8 nitrogen and oxygen atoms in total. The van der Waals surface area contributed by atoms with E-state index in [1.807, 2.05) is 0 Å². The molecule has 0 amide bonds. The second-order valence-electron chi connectivity index (χ2n) is 6.08. The lowest BCUT2D eigenvalue weighted by Crippen LogP contribution is -2.21. The van der Waals surface area contributed by atoms with Gasteiger partial charge in [-0.15, -0.1) is 9.78 Å². The highest BCUT2D eigenvalue weighted by atomic mass is 17.3. The number of hydrogen-bond acceptors (Lipinski definition) is 8. The molecule has 2 rings (SSSR count). The van der Waals surface area contributed by atoms with Gasteiger partial charge in [-0.25, -0.2) is 9.59 Å². The van der Waals surface area contributed by atoms with Crippen LogP contribution < -0.4 is 0 Å². The van der Waals surface area contributed by atoms with E-state index in [-0.39, 0.29) is 19.5 Å². The molecule has 0 heterocycles. The van der Waals surface area contributed by atoms with Gasteiger partial charge in [0.05, 0.1) is 24.3 Å². The fourth-order valence-corrected chi connectivity index (χ4v) is 2.30. The van der Waals surface area contributed by atoms with Gasteiger partial charge in [0.2, 0.25) is 0 Å². The fraction of sp³-hybridized carbons (Fsp3) is 0.273. The first-order valence-corrected chi connectivity index (χ1v) is 9.22. The molecule has 0 aromatic heterocycles. The van der Waals surface area contributed by atoms with Crippen molar-refractivity contribution in [3.8, 4) is 0 Å². The van der Waals surface area contributed by atoms with E-state index >= 15 is 0 Å². The van der Waals surface area contributed by atoms with E-state index < -0.39 is 11.9 Å². The van der Waals surface area contributed by atoms with Crippen molar-refractivity contribution in [3.05, 3.63) is 84.0 Å². The Morgan fingerprint density at radius 1 is 0.733 bits per heavy atom. The summed E-state index contributed by atoms with van der Waals surface area (Å²) >= 11 is 0. The molecule has 0 atom stereocenters. The number of aryl methyl sites for hydroxylation is 2. The second-order valence-corrected chi connectivity index (χ2v) is 6.08. The third-order valence-corrected chi connectivity index (χ3v) is 3.89. The number of rotatable bonds is 12. The fourth-order valence-electron chi connectivity index (χ4n) is 2.30. The standard InChI is InChI=1S/C22H24O8/c1-4-25-13-14-26-15-20(27-29-21(23)18-11-7-5-9-16(18)2)28-30-22(24)19-12-8-6-10-17(19)3/h5-12H,1,4,13-15H2,2-3H3. The van der Waals surface area contributed by atoms with Gasteiger partial charge in [-0.05, 0) is 44.0 Å². The van der Waals surface area contributed by atoms with Crippen LogP contribution in [0.4, 0.5) is 0 Å². The molecule has 2 aromatic rings. The van der Waals surface area contributed by atoms with Gasteiger partial charge in [0.1, 0.15) is 6.61 Å². The molecule has 0 unspecified atom stereocenters. The van der Waals surface area contributed by atoms with Gasteiger partial charge in [0.15, 0.2) is 0 Å². The van der Waals surface area contributed by atoms with Crippen molar-refractivity contribution in [1.82, 2.24) is 0 Å². The lowest BCUT2D eigenvalue weighted by atomic mass is 10.1. The predicted octanol–water partition coefficient (Wildman–Crippen LogP) is 3.54. The summed E-state index contributed by atoms with van der Waals surface area (Å²) in [4.78, 5) is 43.8. The van der Waals surface area contributed by atoms with E-state index in [0.29, 0.717) is 35.5 Å². The number of ether oxygens (including phenoxy) is 2. The summed E-state index contributed by atoms with van der Waals surface area (Å²) in [5.74, 6) is -1.47. The Kier molecular flexibility index (Phi) is 9.96. The lowest BCUT2D eigenvalue weighted by molar-refractivity contribution is -0.368. The van der Waals surface area contributed by atoms with Crippen LogP contribution in [0.15, 0.2) is 48.5 Å². The first kappa shape index (κ1) is 23.5. The summed E-state index contributed by atoms with van der Waals surface area (Å²) in [6.07, 6.45) is -0.367. The summed E-state index contributed by atoms with van der Waals surface area (Å²) in [5.41, 5.74) is 2.05. The van der Waals surface area contributed by atoms with Gasteiger partial charge in [-0.3, -0.25) is 9.78 Å². The first-order valence-electron chi connectivity index (χ1n) is 9.22. The maximum absolute atomic E-state index is 12.2. The third kappa shape index (κ3) is 7.57. The molecule has 2 radical (unpaired) electrons. The molecule has 0 saturated carbocycles. The van der Waals surface area contributed by atoms with Crippen molar-refractivity contribution in [3.63, 3.8) is 0 Å². The van der Waals surface area contributed by atoms with Crippen LogP contribution in [-0.4, -0.2) is 38.4 Å². The molecule has 30 heavy (non-hydrogen) atoms. The van der Waals surface area contributed by atoms with Crippen LogP contribution in [0.25, 0.3) is 0 Å². The average Bonchev–Trinajstić information content (AvgIpc) is 2.75. The van der Waals surface area contributed by atoms with Crippen molar-refractivity contribution in [2.45, 2.75) is 13.8 Å². The van der Waals surface area contributed by atoms with Crippen LogP contribution in [0.3, 0.4) is 0 Å². The highest BCUT2D eigenvalue weighted by Gasteiger charge is 2.23. The molecule has 0 saturated heterocycles. The summed E-state index contributed by atoms with van der Waals surface area (Å²) in [6.45, 7) is 7.59. The van der Waals surface area contributed by atoms with Crippen molar-refractivity contribution in [2.24, 2.45) is 0 Å². The molecule has 160 valence electrons. The third-order valence-electron chi connectivity index (χ3n) is 3.89. The summed E-state index contributed by atoms with van der Waals surface area (Å²) < 4.78 is 10.4. The van der Waals surface area contributed by atoms with Crippen LogP contribution in [0.5, 0.6) is 0 Å². The molecule has 0 aliphatic rings. The Balaban J connectivity index is 1.92. The minimum absolute atomic E-state index is 0.198. The van der Waals surface area contributed by atoms with Crippen LogP contribution >= 0.6 is 0 Å². The van der Waals surface area contributed by atoms with Crippen molar-refractivity contribution in [2.75, 3.05) is 26.4 Å². The molecule has 0 fully saturated rings. The zero-order valence-electron chi connectivity index (χ0n) is 16.9. The molecule has 0 spiro atoms. The molecule has 0 bridgehead atoms. The summed E-state index contributed by atoms with van der Waals surface area (Å²) in [6, 6.07) is 13.7. The smallest absolute Gasteiger partial charge is 0.373 e. The Morgan fingerprint density at radius 3 is 1.67 bits per heavy atom. The zero-order chi connectivity index (χ0) is 21.8. The minimum atomic E-state index is -0.736. The van der Waals surface area contributed by atoms with E-state index in [1.54, 1.807) is 62.4 Å². The van der Waals surface area contributed by atoms with Gasteiger partial charge in [-0.1, -0.05) is 36.4 Å². The van der Waals surface area contributed by atoms with Crippen LogP contribution in [-0.2, 0) is 29.0 Å². The highest BCUT2D eigenvalue weighted by molar-refractivity contribution is 5.91. The van der Waals surface area contributed by atoms with Crippen LogP contribution in [0, 0.1) is 27.1 Å². The monoisotopic (exact) mass is 416 g/mol. The second kappa shape index (κ2) is 12.7. The van der Waals surface area contributed by atoms with Crippen molar-refractivity contribution in [1.29, 1.82) is 0 Å². The van der Waals surface area contributed by atoms with E-state index in [9.17, 15) is 9.59 Å². The largest absolute Gasteiger partial charge is 0.379 e. The number of benzene rings is 2. The molecular weight excluding hydrogens is 392 g/mol. The van der Waals surface area contributed by atoms with Crippen molar-refractivity contribution >= 4 is 11.9 Å². The Labute approximate surface area is 175 Å². The normalized spacial score (nSPS) is 10.8. The van der Waals surface area contributed by atoms with Gasteiger partial charge < -0.3 is 9.47 Å². The van der Waals surface area contributed by atoms with Crippen LogP contribution in [0.1, 0.15) is 31.8 Å². The number of hydrogen-bond donors (Lipinski definition) is 0. The maximum Gasteiger partial charge on any atom is 0.373 e.